The predicted octanol–water partition coefficient (Wildman–Crippen LogP) is 7.28. The number of hydrogen-bond donors (Lipinski definition) is 0. The van der Waals surface area contributed by atoms with Gasteiger partial charge in [-0.2, -0.15) is 0 Å². The van der Waals surface area contributed by atoms with Crippen LogP contribution in [0.2, 0.25) is 0 Å². The third-order valence-corrected chi connectivity index (χ3v) is 6.14. The summed E-state index contributed by atoms with van der Waals surface area (Å²) in [6.45, 7) is 0. The fourth-order valence-electron chi connectivity index (χ4n) is 4.70. The van der Waals surface area contributed by atoms with Crippen molar-refractivity contribution in [2.45, 2.75) is 0 Å². The van der Waals surface area contributed by atoms with Crippen LogP contribution < -0.4 is 4.74 Å². The lowest BCUT2D eigenvalue weighted by Gasteiger charge is -2.18. The van der Waals surface area contributed by atoms with Gasteiger partial charge in [0.15, 0.2) is 0 Å². The fraction of sp³-hybridized carbons (Fsp3) is 0.0345. The highest BCUT2D eigenvalue weighted by atomic mass is 16.5. The van der Waals surface area contributed by atoms with Gasteiger partial charge in [0.05, 0.1) is 7.11 Å². The van der Waals surface area contributed by atoms with E-state index in [-0.39, 0.29) is 0 Å². The third kappa shape index (κ3) is 2.83. The minimum absolute atomic E-state index is 0.856. The van der Waals surface area contributed by atoms with Crippen molar-refractivity contribution in [3.63, 3.8) is 0 Å². The standard InChI is InChI=1S/C29H20N2O/c1-32-21-12-10-19(11-13-21)28-23-6-2-4-8-25(23)29(26-9-5-3-7-24(26)28)27-18-31-17-20-16-30-15-14-22(20)27/h2-18H,1H3. The Balaban J connectivity index is 1.78. The predicted molar refractivity (Wildman–Crippen MR) is 132 cm³/mol. The summed E-state index contributed by atoms with van der Waals surface area (Å²) < 4.78 is 5.39. The molecule has 3 nitrogen and oxygen atoms in total. The van der Waals surface area contributed by atoms with Gasteiger partial charge in [-0.15, -0.1) is 0 Å². The lowest BCUT2D eigenvalue weighted by molar-refractivity contribution is 0.415. The van der Waals surface area contributed by atoms with E-state index in [1.807, 2.05) is 36.9 Å². The van der Waals surface area contributed by atoms with Gasteiger partial charge < -0.3 is 4.74 Å². The summed E-state index contributed by atoms with van der Waals surface area (Å²) in [4.78, 5) is 8.84. The maximum atomic E-state index is 5.39. The van der Waals surface area contributed by atoms with Crippen LogP contribution in [0.4, 0.5) is 0 Å². The Labute approximate surface area is 186 Å². The molecule has 32 heavy (non-hydrogen) atoms. The molecule has 0 saturated heterocycles. The molecule has 0 bridgehead atoms. The molecular weight excluding hydrogens is 392 g/mol. The Morgan fingerprint density at radius 2 is 1.16 bits per heavy atom. The van der Waals surface area contributed by atoms with Crippen molar-refractivity contribution in [2.75, 3.05) is 7.11 Å². The first-order chi connectivity index (χ1) is 15.8. The van der Waals surface area contributed by atoms with Crippen molar-refractivity contribution in [3.05, 3.63) is 104 Å². The number of methoxy groups -OCH3 is 1. The molecule has 0 saturated carbocycles. The summed E-state index contributed by atoms with van der Waals surface area (Å²) >= 11 is 0. The van der Waals surface area contributed by atoms with Crippen LogP contribution in [0.3, 0.4) is 0 Å². The Hall–Kier alpha value is -4.24. The van der Waals surface area contributed by atoms with Crippen LogP contribution in [-0.2, 0) is 0 Å². The van der Waals surface area contributed by atoms with Crippen molar-refractivity contribution < 1.29 is 4.74 Å². The summed E-state index contributed by atoms with van der Waals surface area (Å²) in [5.74, 6) is 0.856. The number of benzene rings is 4. The SMILES string of the molecule is COc1ccc(-c2c3ccccc3c(-c3cncc4cnccc34)c3ccccc23)cc1. The number of fused-ring (bicyclic) bond motifs is 3. The highest BCUT2D eigenvalue weighted by Crippen LogP contribution is 2.44. The lowest BCUT2D eigenvalue weighted by atomic mass is 9.85. The average Bonchev–Trinajstić information content (AvgIpc) is 2.87. The van der Waals surface area contributed by atoms with Gasteiger partial charge in [0.1, 0.15) is 5.75 Å². The normalized spacial score (nSPS) is 11.3. The van der Waals surface area contributed by atoms with Crippen LogP contribution in [0.5, 0.6) is 5.75 Å². The summed E-state index contributed by atoms with van der Waals surface area (Å²) in [5, 5.41) is 7.06. The lowest BCUT2D eigenvalue weighted by Crippen LogP contribution is -1.92. The minimum atomic E-state index is 0.856. The van der Waals surface area contributed by atoms with Crippen molar-refractivity contribution >= 4 is 32.3 Å². The summed E-state index contributed by atoms with van der Waals surface area (Å²) in [6, 6.07) is 27.7. The van der Waals surface area contributed by atoms with Crippen molar-refractivity contribution in [2.24, 2.45) is 0 Å². The van der Waals surface area contributed by atoms with Gasteiger partial charge in [-0.1, -0.05) is 60.7 Å². The van der Waals surface area contributed by atoms with Gasteiger partial charge in [-0.3, -0.25) is 9.97 Å². The third-order valence-electron chi connectivity index (χ3n) is 6.14. The van der Waals surface area contributed by atoms with E-state index in [4.69, 9.17) is 4.74 Å². The molecule has 0 aliphatic rings. The molecule has 0 unspecified atom stereocenters. The fourth-order valence-corrected chi connectivity index (χ4v) is 4.70. The summed E-state index contributed by atoms with van der Waals surface area (Å²) in [5.41, 5.74) is 4.74. The summed E-state index contributed by atoms with van der Waals surface area (Å²) in [7, 11) is 1.70. The van der Waals surface area contributed by atoms with E-state index in [2.05, 4.69) is 76.7 Å². The van der Waals surface area contributed by atoms with Crippen LogP contribution in [0.15, 0.2) is 104 Å². The molecule has 0 radical (unpaired) electrons. The van der Waals surface area contributed by atoms with Gasteiger partial charge in [-0.05, 0) is 61.8 Å². The van der Waals surface area contributed by atoms with Crippen LogP contribution >= 0.6 is 0 Å². The van der Waals surface area contributed by atoms with Crippen molar-refractivity contribution in [1.29, 1.82) is 0 Å². The Bertz CT molecular complexity index is 1540. The number of rotatable bonds is 3. The Morgan fingerprint density at radius 3 is 1.78 bits per heavy atom. The zero-order valence-electron chi connectivity index (χ0n) is 17.6. The molecule has 0 spiro atoms. The van der Waals surface area contributed by atoms with Gasteiger partial charge in [0, 0.05) is 35.7 Å². The Kier molecular flexibility index (Phi) is 4.32. The molecule has 6 aromatic rings. The molecular formula is C29H20N2O. The topological polar surface area (TPSA) is 35.0 Å². The first-order valence-corrected chi connectivity index (χ1v) is 10.6. The largest absolute Gasteiger partial charge is 0.497 e. The molecule has 2 aromatic heterocycles. The second-order valence-corrected chi connectivity index (χ2v) is 7.85. The molecule has 3 heteroatoms. The highest BCUT2D eigenvalue weighted by molar-refractivity contribution is 6.23. The average molecular weight is 412 g/mol. The molecule has 6 rings (SSSR count). The number of ether oxygens (including phenoxy) is 1. The first kappa shape index (κ1) is 18.5. The maximum absolute atomic E-state index is 5.39. The number of aromatic nitrogens is 2. The van der Waals surface area contributed by atoms with E-state index in [1.165, 1.54) is 38.2 Å². The zero-order valence-corrected chi connectivity index (χ0v) is 17.6. The van der Waals surface area contributed by atoms with E-state index < -0.39 is 0 Å². The van der Waals surface area contributed by atoms with E-state index in [0.717, 1.165) is 22.1 Å². The molecule has 152 valence electrons. The van der Waals surface area contributed by atoms with Crippen molar-refractivity contribution in [1.82, 2.24) is 9.97 Å². The monoisotopic (exact) mass is 412 g/mol. The molecule has 0 aliphatic carbocycles. The van der Waals surface area contributed by atoms with Crippen LogP contribution in [0.1, 0.15) is 0 Å². The maximum Gasteiger partial charge on any atom is 0.118 e. The molecule has 0 N–H and O–H groups in total. The summed E-state index contributed by atoms with van der Waals surface area (Å²) in [6.07, 6.45) is 7.58. The molecule has 0 fully saturated rings. The molecule has 0 amide bonds. The van der Waals surface area contributed by atoms with Gasteiger partial charge >= 0.3 is 0 Å². The number of hydrogen-bond acceptors (Lipinski definition) is 3. The molecule has 0 aliphatic heterocycles. The number of pyridine rings is 2. The van der Waals surface area contributed by atoms with Crippen molar-refractivity contribution in [3.8, 4) is 28.0 Å². The Morgan fingerprint density at radius 1 is 0.562 bits per heavy atom. The number of nitrogens with zero attached hydrogens (tertiary/aromatic N) is 2. The second-order valence-electron chi connectivity index (χ2n) is 7.85. The molecule has 2 heterocycles. The van der Waals surface area contributed by atoms with Crippen LogP contribution in [0, 0.1) is 0 Å². The minimum Gasteiger partial charge on any atom is -0.497 e. The zero-order chi connectivity index (χ0) is 21.5. The smallest absolute Gasteiger partial charge is 0.118 e. The molecule has 0 atom stereocenters. The van der Waals surface area contributed by atoms with E-state index in [0.29, 0.717) is 0 Å². The van der Waals surface area contributed by atoms with Gasteiger partial charge in [-0.25, -0.2) is 0 Å². The van der Waals surface area contributed by atoms with Crippen LogP contribution in [0.25, 0.3) is 54.6 Å². The first-order valence-electron chi connectivity index (χ1n) is 10.6. The van der Waals surface area contributed by atoms with E-state index >= 15 is 0 Å². The van der Waals surface area contributed by atoms with E-state index in [1.54, 1.807) is 7.11 Å². The molecule has 4 aromatic carbocycles. The quantitative estimate of drug-likeness (QED) is 0.287. The highest BCUT2D eigenvalue weighted by Gasteiger charge is 2.17. The van der Waals surface area contributed by atoms with Gasteiger partial charge in [0.2, 0.25) is 0 Å². The van der Waals surface area contributed by atoms with Gasteiger partial charge in [0.25, 0.3) is 0 Å². The van der Waals surface area contributed by atoms with E-state index in [9.17, 15) is 0 Å². The second kappa shape index (κ2) is 7.47. The van der Waals surface area contributed by atoms with Crippen LogP contribution in [-0.4, -0.2) is 17.1 Å².